The van der Waals surface area contributed by atoms with E-state index in [9.17, 15) is 4.39 Å². The van der Waals surface area contributed by atoms with Gasteiger partial charge in [-0.05, 0) is 44.0 Å². The third kappa shape index (κ3) is 1.75. The highest BCUT2D eigenvalue weighted by Gasteiger charge is 2.08. The zero-order chi connectivity index (χ0) is 11.0. The van der Waals surface area contributed by atoms with Crippen molar-refractivity contribution in [3.63, 3.8) is 0 Å². The van der Waals surface area contributed by atoms with Crippen LogP contribution in [0.15, 0.2) is 12.1 Å². The maximum Gasteiger partial charge on any atom is 0.181 e. The molecule has 0 fully saturated rings. The molecule has 1 aromatic heterocycles. The summed E-state index contributed by atoms with van der Waals surface area (Å²) in [6.45, 7) is 5.45. The van der Waals surface area contributed by atoms with Gasteiger partial charge in [-0.3, -0.25) is 5.10 Å². The maximum absolute atomic E-state index is 13.5. The van der Waals surface area contributed by atoms with Crippen LogP contribution in [0, 0.1) is 26.6 Å². The maximum atomic E-state index is 13.5. The van der Waals surface area contributed by atoms with Gasteiger partial charge in [-0.25, -0.2) is 9.37 Å². The Hall–Kier alpha value is -1.71. The number of benzene rings is 1. The van der Waals surface area contributed by atoms with Crippen molar-refractivity contribution in [1.82, 2.24) is 15.2 Å². The highest BCUT2D eigenvalue weighted by molar-refractivity contribution is 5.57. The highest BCUT2D eigenvalue weighted by atomic mass is 19.1. The molecule has 0 radical (unpaired) electrons. The van der Waals surface area contributed by atoms with Crippen LogP contribution in [-0.2, 0) is 0 Å². The van der Waals surface area contributed by atoms with Crippen molar-refractivity contribution in [1.29, 1.82) is 0 Å². The first-order valence-electron chi connectivity index (χ1n) is 4.74. The van der Waals surface area contributed by atoms with E-state index < -0.39 is 0 Å². The fourth-order valence-electron chi connectivity index (χ4n) is 1.42. The second-order valence-corrected chi connectivity index (χ2v) is 3.64. The van der Waals surface area contributed by atoms with Crippen LogP contribution < -0.4 is 0 Å². The van der Waals surface area contributed by atoms with E-state index >= 15 is 0 Å². The van der Waals surface area contributed by atoms with Crippen molar-refractivity contribution in [2.24, 2.45) is 0 Å². The van der Waals surface area contributed by atoms with Gasteiger partial charge >= 0.3 is 0 Å². The summed E-state index contributed by atoms with van der Waals surface area (Å²) in [5.74, 6) is 1.05. The lowest BCUT2D eigenvalue weighted by atomic mass is 10.1. The minimum atomic E-state index is -0.215. The van der Waals surface area contributed by atoms with E-state index in [1.54, 1.807) is 6.92 Å². The molecule has 3 nitrogen and oxygen atoms in total. The lowest BCUT2D eigenvalue weighted by Gasteiger charge is -2.03. The van der Waals surface area contributed by atoms with Crippen LogP contribution >= 0.6 is 0 Å². The first-order chi connectivity index (χ1) is 7.08. The predicted molar refractivity (Wildman–Crippen MR) is 56.0 cm³/mol. The third-order valence-electron chi connectivity index (χ3n) is 2.46. The average molecular weight is 205 g/mol. The molecule has 0 saturated carbocycles. The van der Waals surface area contributed by atoms with Gasteiger partial charge in [-0.2, -0.15) is 5.10 Å². The largest absolute Gasteiger partial charge is 0.263 e. The molecule has 2 rings (SSSR count). The summed E-state index contributed by atoms with van der Waals surface area (Å²) < 4.78 is 13.5. The van der Waals surface area contributed by atoms with Crippen molar-refractivity contribution in [3.05, 3.63) is 34.9 Å². The number of aromatic amines is 1. The van der Waals surface area contributed by atoms with E-state index in [2.05, 4.69) is 15.2 Å². The smallest absolute Gasteiger partial charge is 0.181 e. The van der Waals surface area contributed by atoms with Crippen molar-refractivity contribution in [3.8, 4) is 11.4 Å². The van der Waals surface area contributed by atoms with Crippen molar-refractivity contribution in [2.75, 3.05) is 0 Å². The Morgan fingerprint density at radius 1 is 1.20 bits per heavy atom. The molecule has 0 aliphatic rings. The molecule has 1 N–H and O–H groups in total. The number of hydrogen-bond acceptors (Lipinski definition) is 2. The molecule has 0 unspecified atom stereocenters. The van der Waals surface area contributed by atoms with Gasteiger partial charge in [0.25, 0.3) is 0 Å². The summed E-state index contributed by atoms with van der Waals surface area (Å²) in [5.41, 5.74) is 2.29. The zero-order valence-electron chi connectivity index (χ0n) is 8.93. The molecule has 78 valence electrons. The van der Waals surface area contributed by atoms with Gasteiger partial charge in [-0.15, -0.1) is 0 Å². The van der Waals surface area contributed by atoms with Crippen molar-refractivity contribution < 1.29 is 4.39 Å². The number of hydrogen-bond donors (Lipinski definition) is 1. The first kappa shape index (κ1) is 9.83. The van der Waals surface area contributed by atoms with E-state index in [1.165, 1.54) is 6.07 Å². The van der Waals surface area contributed by atoms with Crippen LogP contribution in [0.2, 0.25) is 0 Å². The predicted octanol–water partition coefficient (Wildman–Crippen LogP) is 2.54. The molecule has 1 aromatic carbocycles. The Kier molecular flexibility index (Phi) is 2.26. The number of H-pyrrole nitrogens is 1. The van der Waals surface area contributed by atoms with Gasteiger partial charge in [0.05, 0.1) is 0 Å². The lowest BCUT2D eigenvalue weighted by Crippen LogP contribution is -1.90. The topological polar surface area (TPSA) is 41.6 Å². The second kappa shape index (κ2) is 3.46. The molecule has 1 heterocycles. The molecule has 0 aliphatic carbocycles. The molecule has 0 spiro atoms. The summed E-state index contributed by atoms with van der Waals surface area (Å²) in [4.78, 5) is 4.16. The molecule has 0 bridgehead atoms. The number of aryl methyl sites for hydroxylation is 2. The fourth-order valence-corrected chi connectivity index (χ4v) is 1.42. The van der Waals surface area contributed by atoms with Gasteiger partial charge in [0.2, 0.25) is 0 Å². The Morgan fingerprint density at radius 2 is 1.93 bits per heavy atom. The van der Waals surface area contributed by atoms with E-state index in [0.717, 1.165) is 11.4 Å². The molecule has 4 heteroatoms. The standard InChI is InChI=1S/C11H12FN3/c1-6-4-9(5-10(12)7(6)2)11-13-8(3)14-15-11/h4-5H,1-3H3,(H,13,14,15). The normalized spacial score (nSPS) is 10.7. The quantitative estimate of drug-likeness (QED) is 0.777. The average Bonchev–Trinajstić information content (AvgIpc) is 2.60. The molecule has 2 aromatic rings. The minimum absolute atomic E-state index is 0.215. The Labute approximate surface area is 87.4 Å². The van der Waals surface area contributed by atoms with Crippen LogP contribution in [-0.4, -0.2) is 15.2 Å². The summed E-state index contributed by atoms with van der Waals surface area (Å²) in [5, 5.41) is 6.73. The summed E-state index contributed by atoms with van der Waals surface area (Å²) in [7, 11) is 0. The molecule has 0 atom stereocenters. The summed E-state index contributed by atoms with van der Waals surface area (Å²) >= 11 is 0. The number of rotatable bonds is 1. The van der Waals surface area contributed by atoms with Gasteiger partial charge in [0, 0.05) is 5.56 Å². The number of nitrogens with one attached hydrogen (secondary N) is 1. The van der Waals surface area contributed by atoms with Gasteiger partial charge < -0.3 is 0 Å². The second-order valence-electron chi connectivity index (χ2n) is 3.64. The summed E-state index contributed by atoms with van der Waals surface area (Å²) in [6, 6.07) is 3.35. The Balaban J connectivity index is 2.55. The molecular weight excluding hydrogens is 193 g/mol. The lowest BCUT2D eigenvalue weighted by molar-refractivity contribution is 0.617. The van der Waals surface area contributed by atoms with E-state index in [4.69, 9.17) is 0 Å². The zero-order valence-corrected chi connectivity index (χ0v) is 8.93. The van der Waals surface area contributed by atoms with Crippen molar-refractivity contribution >= 4 is 0 Å². The minimum Gasteiger partial charge on any atom is -0.263 e. The Bertz CT molecular complexity index is 479. The monoisotopic (exact) mass is 205 g/mol. The first-order valence-corrected chi connectivity index (χ1v) is 4.74. The summed E-state index contributed by atoms with van der Waals surface area (Å²) in [6.07, 6.45) is 0. The number of halogens is 1. The van der Waals surface area contributed by atoms with Gasteiger partial charge in [0.15, 0.2) is 5.82 Å². The van der Waals surface area contributed by atoms with E-state index in [1.807, 2.05) is 19.9 Å². The van der Waals surface area contributed by atoms with Gasteiger partial charge in [-0.1, -0.05) is 0 Å². The van der Waals surface area contributed by atoms with E-state index in [0.29, 0.717) is 17.0 Å². The SMILES string of the molecule is Cc1nc(-c2cc(C)c(C)c(F)c2)n[nH]1. The number of aromatic nitrogens is 3. The van der Waals surface area contributed by atoms with Crippen LogP contribution in [0.3, 0.4) is 0 Å². The van der Waals surface area contributed by atoms with Gasteiger partial charge in [0.1, 0.15) is 11.6 Å². The highest BCUT2D eigenvalue weighted by Crippen LogP contribution is 2.21. The van der Waals surface area contributed by atoms with Crippen LogP contribution in [0.5, 0.6) is 0 Å². The van der Waals surface area contributed by atoms with Crippen LogP contribution in [0.25, 0.3) is 11.4 Å². The molecule has 0 amide bonds. The third-order valence-corrected chi connectivity index (χ3v) is 2.46. The Morgan fingerprint density at radius 3 is 2.47 bits per heavy atom. The molecular formula is C11H12FN3. The molecule has 15 heavy (non-hydrogen) atoms. The van der Waals surface area contributed by atoms with Crippen LogP contribution in [0.4, 0.5) is 4.39 Å². The van der Waals surface area contributed by atoms with E-state index in [-0.39, 0.29) is 5.82 Å². The van der Waals surface area contributed by atoms with Crippen molar-refractivity contribution in [2.45, 2.75) is 20.8 Å². The van der Waals surface area contributed by atoms with Crippen LogP contribution in [0.1, 0.15) is 17.0 Å². The number of nitrogens with zero attached hydrogens (tertiary/aromatic N) is 2. The molecule has 0 saturated heterocycles. The molecule has 0 aliphatic heterocycles. The fraction of sp³-hybridized carbons (Fsp3) is 0.273.